The third-order valence-corrected chi connectivity index (χ3v) is 9.53. The summed E-state index contributed by atoms with van der Waals surface area (Å²) in [5.41, 5.74) is 4.05. The minimum Gasteiger partial charge on any atom is -0.352 e. The molecule has 3 aliphatic rings. The maximum absolute atomic E-state index is 14.9. The number of anilines is 2. The van der Waals surface area contributed by atoms with Gasteiger partial charge in [-0.25, -0.2) is 0 Å². The number of amides is 1. The lowest BCUT2D eigenvalue weighted by Crippen LogP contribution is -2.51. The van der Waals surface area contributed by atoms with Crippen LogP contribution in [0.2, 0.25) is 0 Å². The molecule has 0 aliphatic carbocycles. The van der Waals surface area contributed by atoms with Crippen molar-refractivity contribution < 1.29 is 14.4 Å². The van der Waals surface area contributed by atoms with Gasteiger partial charge in [0.25, 0.3) is 0 Å². The summed E-state index contributed by atoms with van der Waals surface area (Å²) in [5.74, 6) is -1.63. The molecule has 4 aromatic carbocycles. The van der Waals surface area contributed by atoms with Crippen molar-refractivity contribution in [2.75, 3.05) is 10.2 Å². The number of carbonyl (C=O) groups is 3. The first-order valence-corrected chi connectivity index (χ1v) is 15.1. The van der Waals surface area contributed by atoms with Gasteiger partial charge >= 0.3 is 0 Å². The van der Waals surface area contributed by atoms with Crippen molar-refractivity contribution in [1.82, 2.24) is 0 Å². The Bertz CT molecular complexity index is 1760. The van der Waals surface area contributed by atoms with Gasteiger partial charge in [-0.3, -0.25) is 14.4 Å². The summed E-state index contributed by atoms with van der Waals surface area (Å²) >= 11 is 3.47. The van der Waals surface area contributed by atoms with Crippen molar-refractivity contribution >= 4 is 50.9 Å². The number of ketones is 2. The van der Waals surface area contributed by atoms with E-state index >= 15 is 0 Å². The van der Waals surface area contributed by atoms with Crippen molar-refractivity contribution in [2.45, 2.75) is 37.3 Å². The fraction of sp³-hybridized carbons (Fsp3) is 0.194. The molecule has 0 saturated carbocycles. The first-order valence-electron chi connectivity index (χ1n) is 14.3. The van der Waals surface area contributed by atoms with E-state index in [1.54, 1.807) is 12.1 Å². The van der Waals surface area contributed by atoms with Crippen LogP contribution in [0, 0.1) is 5.92 Å². The van der Waals surface area contributed by atoms with E-state index in [0.717, 1.165) is 39.7 Å². The van der Waals surface area contributed by atoms with Gasteiger partial charge in [0, 0.05) is 27.0 Å². The largest absolute Gasteiger partial charge is 0.352 e. The molecule has 4 atom stereocenters. The zero-order valence-electron chi connectivity index (χ0n) is 23.1. The van der Waals surface area contributed by atoms with Crippen molar-refractivity contribution in [3.05, 3.63) is 135 Å². The van der Waals surface area contributed by atoms with Crippen LogP contribution in [0.4, 0.5) is 11.4 Å². The maximum Gasteiger partial charge on any atom is 0.238 e. The average molecular weight is 618 g/mol. The van der Waals surface area contributed by atoms with Gasteiger partial charge in [-0.15, -0.1) is 0 Å². The van der Waals surface area contributed by atoms with Gasteiger partial charge in [0.05, 0.1) is 12.0 Å². The highest BCUT2D eigenvalue weighted by Gasteiger charge is 2.70. The van der Waals surface area contributed by atoms with Crippen LogP contribution in [0.1, 0.15) is 50.8 Å². The van der Waals surface area contributed by atoms with Crippen molar-refractivity contribution in [3.63, 3.8) is 0 Å². The number of para-hydroxylation sites is 2. The second-order valence-corrected chi connectivity index (χ2v) is 12.2. The minimum atomic E-state index is -1.31. The standard InChI is InChI=1S/C36H29BrN2O3/c1-2-7-22-12-14-24(15-13-22)33(40)31-32(34(41)25-16-19-26(37)20-17-25)39-29-11-6-3-8-23(29)18-21-30(39)36(31)27-9-4-5-10-28(27)38-35(36)42/h3-6,8-21,30-32H,2,7H2,1H3,(H,38,42)/t30-,31-,32+,36-/m0/s1. The summed E-state index contributed by atoms with van der Waals surface area (Å²) in [7, 11) is 0. The van der Waals surface area contributed by atoms with Crippen molar-refractivity contribution in [1.29, 1.82) is 0 Å². The van der Waals surface area contributed by atoms with E-state index in [4.69, 9.17) is 0 Å². The number of aryl methyl sites for hydroxylation is 1. The lowest BCUT2D eigenvalue weighted by Gasteiger charge is -2.37. The van der Waals surface area contributed by atoms with Crippen LogP contribution in [0.3, 0.4) is 0 Å². The Balaban J connectivity index is 1.49. The Hall–Kier alpha value is -4.29. The highest BCUT2D eigenvalue weighted by atomic mass is 79.9. The second kappa shape index (κ2) is 10.2. The molecule has 1 fully saturated rings. The fourth-order valence-electron chi connectivity index (χ4n) is 7.21. The Labute approximate surface area is 253 Å². The molecule has 1 spiro atoms. The molecule has 3 heterocycles. The molecule has 7 rings (SSSR count). The van der Waals surface area contributed by atoms with E-state index in [2.05, 4.69) is 28.2 Å². The number of hydrogen-bond donors (Lipinski definition) is 1. The number of nitrogens with one attached hydrogen (secondary N) is 1. The molecule has 4 aromatic rings. The maximum atomic E-state index is 14.9. The van der Waals surface area contributed by atoms with Crippen LogP contribution in [-0.4, -0.2) is 29.6 Å². The van der Waals surface area contributed by atoms with Gasteiger partial charge in [0.1, 0.15) is 11.5 Å². The molecule has 5 nitrogen and oxygen atoms in total. The van der Waals surface area contributed by atoms with Crippen molar-refractivity contribution in [2.24, 2.45) is 5.92 Å². The molecular formula is C36H29BrN2O3. The quantitative estimate of drug-likeness (QED) is 0.232. The Morgan fingerprint density at radius 2 is 1.52 bits per heavy atom. The molecule has 0 bridgehead atoms. The van der Waals surface area contributed by atoms with Crippen LogP contribution >= 0.6 is 15.9 Å². The number of rotatable bonds is 6. The van der Waals surface area contributed by atoms with Crippen LogP contribution < -0.4 is 10.2 Å². The summed E-state index contributed by atoms with van der Waals surface area (Å²) in [6.07, 6.45) is 5.94. The highest BCUT2D eigenvalue weighted by Crippen LogP contribution is 2.58. The number of fused-ring (bicyclic) bond motifs is 6. The van der Waals surface area contributed by atoms with Crippen LogP contribution in [-0.2, 0) is 16.6 Å². The molecule has 1 saturated heterocycles. The lowest BCUT2D eigenvalue weighted by atomic mass is 9.64. The highest BCUT2D eigenvalue weighted by molar-refractivity contribution is 9.10. The molecular weight excluding hydrogens is 588 g/mol. The number of carbonyl (C=O) groups excluding carboxylic acids is 3. The predicted molar refractivity (Wildman–Crippen MR) is 169 cm³/mol. The number of hydrogen-bond acceptors (Lipinski definition) is 4. The molecule has 0 radical (unpaired) electrons. The van der Waals surface area contributed by atoms with Gasteiger partial charge in [0.2, 0.25) is 5.91 Å². The number of Topliss-reactive ketones (excluding diaryl/α,β-unsaturated/α-hetero) is 2. The zero-order valence-corrected chi connectivity index (χ0v) is 24.7. The Kier molecular flexibility index (Phi) is 6.47. The van der Waals surface area contributed by atoms with E-state index in [1.165, 1.54) is 0 Å². The zero-order chi connectivity index (χ0) is 29.0. The van der Waals surface area contributed by atoms with Gasteiger partial charge in [-0.1, -0.05) is 114 Å². The van der Waals surface area contributed by atoms with E-state index in [-0.39, 0.29) is 17.5 Å². The summed E-state index contributed by atoms with van der Waals surface area (Å²) in [4.78, 5) is 46.1. The van der Waals surface area contributed by atoms with Gasteiger partial charge in [0.15, 0.2) is 11.6 Å². The lowest BCUT2D eigenvalue weighted by molar-refractivity contribution is -0.121. The first kappa shape index (κ1) is 26.6. The van der Waals surface area contributed by atoms with Gasteiger partial charge in [-0.2, -0.15) is 0 Å². The molecule has 1 amide bonds. The van der Waals surface area contributed by atoms with E-state index in [9.17, 15) is 14.4 Å². The average Bonchev–Trinajstić information content (AvgIpc) is 3.50. The van der Waals surface area contributed by atoms with E-state index in [0.29, 0.717) is 16.8 Å². The number of halogens is 1. The first-order chi connectivity index (χ1) is 20.4. The van der Waals surface area contributed by atoms with Crippen LogP contribution in [0.25, 0.3) is 6.08 Å². The summed E-state index contributed by atoms with van der Waals surface area (Å²) in [6.45, 7) is 2.12. The molecule has 0 aromatic heterocycles. The topological polar surface area (TPSA) is 66.5 Å². The predicted octanol–water partition coefficient (Wildman–Crippen LogP) is 7.26. The van der Waals surface area contributed by atoms with Crippen LogP contribution in [0.5, 0.6) is 0 Å². The summed E-state index contributed by atoms with van der Waals surface area (Å²) < 4.78 is 0.856. The fourth-order valence-corrected chi connectivity index (χ4v) is 7.47. The number of nitrogens with zero attached hydrogens (tertiary/aromatic N) is 1. The van der Waals surface area contributed by atoms with Crippen molar-refractivity contribution in [3.8, 4) is 0 Å². The molecule has 3 aliphatic heterocycles. The van der Waals surface area contributed by atoms with Crippen LogP contribution in [0.15, 0.2) is 108 Å². The molecule has 208 valence electrons. The van der Waals surface area contributed by atoms with E-state index in [1.807, 2.05) is 102 Å². The van der Waals surface area contributed by atoms with E-state index < -0.39 is 23.4 Å². The molecule has 42 heavy (non-hydrogen) atoms. The minimum absolute atomic E-state index is 0.187. The summed E-state index contributed by atoms with van der Waals surface area (Å²) in [5, 5.41) is 3.09. The molecule has 6 heteroatoms. The Morgan fingerprint density at radius 1 is 0.857 bits per heavy atom. The summed E-state index contributed by atoms with van der Waals surface area (Å²) in [6, 6.07) is 28.9. The number of benzene rings is 4. The monoisotopic (exact) mass is 616 g/mol. The molecule has 0 unspecified atom stereocenters. The third-order valence-electron chi connectivity index (χ3n) is 9.00. The SMILES string of the molecule is CCCc1ccc(C(=O)[C@@H]2[C@H](C(=O)c3ccc(Br)cc3)N3c4ccccc4C=C[C@H]3[C@]23C(=O)Nc2ccccc23)cc1. The van der Waals surface area contributed by atoms with Gasteiger partial charge < -0.3 is 10.2 Å². The van der Waals surface area contributed by atoms with Gasteiger partial charge in [-0.05, 0) is 47.4 Å². The second-order valence-electron chi connectivity index (χ2n) is 11.2. The molecule has 1 N–H and O–H groups in total. The Morgan fingerprint density at radius 3 is 2.29 bits per heavy atom. The smallest absolute Gasteiger partial charge is 0.238 e. The normalized spacial score (nSPS) is 23.3. The third kappa shape index (κ3) is 3.85.